The van der Waals surface area contributed by atoms with Gasteiger partial charge >= 0.3 is 0 Å². The van der Waals surface area contributed by atoms with Gasteiger partial charge in [-0.25, -0.2) is 0 Å². The summed E-state index contributed by atoms with van der Waals surface area (Å²) in [5.74, 6) is 0.388. The molecule has 0 saturated heterocycles. The molecule has 0 aliphatic rings. The van der Waals surface area contributed by atoms with Crippen LogP contribution in [0.3, 0.4) is 0 Å². The zero-order chi connectivity index (χ0) is 13.0. The number of nitrogens with two attached hydrogens (primary N) is 1. The normalized spacial score (nSPS) is 9.82. The van der Waals surface area contributed by atoms with Gasteiger partial charge in [0.25, 0.3) is 5.91 Å². The highest BCUT2D eigenvalue weighted by molar-refractivity contribution is 7.19. The molecule has 17 heavy (non-hydrogen) atoms. The summed E-state index contributed by atoms with van der Waals surface area (Å²) in [5, 5.41) is 3.84. The van der Waals surface area contributed by atoms with Crippen LogP contribution in [0.25, 0.3) is 0 Å². The van der Waals surface area contributed by atoms with Crippen LogP contribution in [0.15, 0.2) is 12.7 Å². The molecule has 0 unspecified atom stereocenters. The third-order valence-corrected chi connectivity index (χ3v) is 3.24. The number of methoxy groups -OCH3 is 1. The Hall–Kier alpha value is -1.69. The summed E-state index contributed by atoms with van der Waals surface area (Å²) >= 11 is 1.29. The van der Waals surface area contributed by atoms with Gasteiger partial charge in [-0.05, 0) is 0 Å². The van der Waals surface area contributed by atoms with E-state index in [0.717, 1.165) is 5.00 Å². The minimum atomic E-state index is -0.127. The Kier molecular flexibility index (Phi) is 4.39. The zero-order valence-corrected chi connectivity index (χ0v) is 11.1. The van der Waals surface area contributed by atoms with E-state index in [0.29, 0.717) is 22.9 Å². The average Bonchev–Trinajstić information content (AvgIpc) is 2.61. The van der Waals surface area contributed by atoms with Gasteiger partial charge in [0, 0.05) is 20.6 Å². The third-order valence-electron chi connectivity index (χ3n) is 2.11. The fraction of sp³-hybridized carbons (Fsp3) is 0.364. The SMILES string of the molecule is C=CCNc1sc(C(=O)N(C)C)c(N)c1OC. The van der Waals surface area contributed by atoms with E-state index >= 15 is 0 Å². The number of nitrogens with zero attached hydrogens (tertiary/aromatic N) is 1. The van der Waals surface area contributed by atoms with Crippen LogP contribution in [0, 0.1) is 0 Å². The molecule has 0 fully saturated rings. The van der Waals surface area contributed by atoms with Crippen molar-refractivity contribution in [1.82, 2.24) is 4.90 Å². The topological polar surface area (TPSA) is 67.6 Å². The Labute approximate surface area is 105 Å². The molecule has 6 heteroatoms. The van der Waals surface area contributed by atoms with Crippen molar-refractivity contribution in [3.63, 3.8) is 0 Å². The quantitative estimate of drug-likeness (QED) is 0.785. The van der Waals surface area contributed by atoms with E-state index < -0.39 is 0 Å². The van der Waals surface area contributed by atoms with Crippen molar-refractivity contribution in [2.24, 2.45) is 0 Å². The minimum Gasteiger partial charge on any atom is -0.492 e. The van der Waals surface area contributed by atoms with Crippen molar-refractivity contribution in [2.75, 3.05) is 38.8 Å². The van der Waals surface area contributed by atoms with Gasteiger partial charge in [-0.15, -0.1) is 17.9 Å². The van der Waals surface area contributed by atoms with Gasteiger partial charge in [-0.3, -0.25) is 4.79 Å². The van der Waals surface area contributed by atoms with E-state index in [1.54, 1.807) is 20.2 Å². The molecule has 0 aliphatic heterocycles. The number of rotatable bonds is 5. The molecule has 0 radical (unpaired) electrons. The first-order valence-corrected chi connectivity index (χ1v) is 5.87. The molecule has 5 nitrogen and oxygen atoms in total. The smallest absolute Gasteiger partial charge is 0.265 e. The van der Waals surface area contributed by atoms with Crippen LogP contribution in [0.2, 0.25) is 0 Å². The van der Waals surface area contributed by atoms with Crippen molar-refractivity contribution in [1.29, 1.82) is 0 Å². The van der Waals surface area contributed by atoms with Crippen molar-refractivity contribution < 1.29 is 9.53 Å². The Morgan fingerprint density at radius 2 is 2.29 bits per heavy atom. The maximum atomic E-state index is 11.9. The van der Waals surface area contributed by atoms with Gasteiger partial charge in [-0.1, -0.05) is 6.08 Å². The van der Waals surface area contributed by atoms with Crippen LogP contribution in [0.4, 0.5) is 10.7 Å². The van der Waals surface area contributed by atoms with E-state index in [4.69, 9.17) is 10.5 Å². The predicted molar refractivity (Wildman–Crippen MR) is 72.0 cm³/mol. The molecule has 0 bridgehead atoms. The van der Waals surface area contributed by atoms with Crippen molar-refractivity contribution in [2.45, 2.75) is 0 Å². The summed E-state index contributed by atoms with van der Waals surface area (Å²) < 4.78 is 5.20. The highest BCUT2D eigenvalue weighted by Gasteiger charge is 2.22. The summed E-state index contributed by atoms with van der Waals surface area (Å²) in [6.45, 7) is 4.21. The van der Waals surface area contributed by atoms with E-state index in [1.165, 1.54) is 23.3 Å². The fourth-order valence-corrected chi connectivity index (χ4v) is 2.39. The van der Waals surface area contributed by atoms with Crippen molar-refractivity contribution in [3.05, 3.63) is 17.5 Å². The van der Waals surface area contributed by atoms with E-state index in [9.17, 15) is 4.79 Å². The molecule has 0 aromatic carbocycles. The van der Waals surface area contributed by atoms with Crippen LogP contribution in [0.5, 0.6) is 5.75 Å². The molecular formula is C11H17N3O2S. The van der Waals surface area contributed by atoms with Gasteiger partial charge in [0.2, 0.25) is 0 Å². The molecule has 94 valence electrons. The molecule has 1 heterocycles. The number of hydrogen-bond acceptors (Lipinski definition) is 5. The number of carbonyl (C=O) groups excluding carboxylic acids is 1. The molecule has 0 saturated carbocycles. The minimum absolute atomic E-state index is 0.127. The van der Waals surface area contributed by atoms with E-state index in [1.807, 2.05) is 0 Å². The molecule has 1 amide bonds. The lowest BCUT2D eigenvalue weighted by molar-refractivity contribution is 0.0833. The maximum Gasteiger partial charge on any atom is 0.265 e. The van der Waals surface area contributed by atoms with Crippen molar-refractivity contribution >= 4 is 27.9 Å². The standard InChI is InChI=1S/C11H17N3O2S/c1-5-6-13-10-8(16-4)7(12)9(17-10)11(15)14(2)3/h5,13H,1,6,12H2,2-4H3. The average molecular weight is 255 g/mol. The van der Waals surface area contributed by atoms with Gasteiger partial charge < -0.3 is 20.7 Å². The van der Waals surface area contributed by atoms with E-state index in [2.05, 4.69) is 11.9 Å². The zero-order valence-electron chi connectivity index (χ0n) is 10.2. The lowest BCUT2D eigenvalue weighted by Gasteiger charge is -2.08. The molecule has 1 aromatic rings. The molecule has 3 N–H and O–H groups in total. The summed E-state index contributed by atoms with van der Waals surface area (Å²) in [5.41, 5.74) is 6.27. The third kappa shape index (κ3) is 2.71. The number of amides is 1. The van der Waals surface area contributed by atoms with Gasteiger partial charge in [0.1, 0.15) is 15.6 Å². The number of thiophene rings is 1. The lowest BCUT2D eigenvalue weighted by Crippen LogP contribution is -2.21. The van der Waals surface area contributed by atoms with Crippen LogP contribution in [-0.2, 0) is 0 Å². The van der Waals surface area contributed by atoms with Crippen LogP contribution in [-0.4, -0.2) is 38.6 Å². The number of carbonyl (C=O) groups is 1. The van der Waals surface area contributed by atoms with Gasteiger partial charge in [0.15, 0.2) is 5.75 Å². The molecule has 0 spiro atoms. The number of nitrogens with one attached hydrogen (secondary N) is 1. The van der Waals surface area contributed by atoms with Gasteiger partial charge in [0.05, 0.1) is 7.11 Å². The fourth-order valence-electron chi connectivity index (χ4n) is 1.27. The number of anilines is 2. The first kappa shape index (κ1) is 13.4. The largest absolute Gasteiger partial charge is 0.492 e. The van der Waals surface area contributed by atoms with Crippen molar-refractivity contribution in [3.8, 4) is 5.75 Å². The predicted octanol–water partition coefficient (Wildman–Crippen LogP) is 1.64. The van der Waals surface area contributed by atoms with Crippen LogP contribution < -0.4 is 15.8 Å². The molecule has 0 aliphatic carbocycles. The number of nitrogen functional groups attached to an aromatic ring is 1. The number of ether oxygens (including phenoxy) is 1. The van der Waals surface area contributed by atoms with Crippen LogP contribution in [0.1, 0.15) is 9.67 Å². The second-order valence-electron chi connectivity index (χ2n) is 3.58. The second-order valence-corrected chi connectivity index (χ2v) is 4.60. The molecule has 1 aromatic heterocycles. The monoisotopic (exact) mass is 255 g/mol. The van der Waals surface area contributed by atoms with Gasteiger partial charge in [-0.2, -0.15) is 0 Å². The second kappa shape index (κ2) is 5.58. The molecule has 1 rings (SSSR count). The molecule has 0 atom stereocenters. The Balaban J connectivity index is 3.12. The first-order valence-electron chi connectivity index (χ1n) is 5.05. The Bertz CT molecular complexity index is 427. The summed E-state index contributed by atoms with van der Waals surface area (Å²) in [4.78, 5) is 13.8. The highest BCUT2D eigenvalue weighted by Crippen LogP contribution is 2.42. The summed E-state index contributed by atoms with van der Waals surface area (Å²) in [7, 11) is 4.90. The Morgan fingerprint density at radius 1 is 1.65 bits per heavy atom. The highest BCUT2D eigenvalue weighted by atomic mass is 32.1. The first-order chi connectivity index (χ1) is 8.02. The number of hydrogen-bond donors (Lipinski definition) is 2. The summed E-state index contributed by atoms with van der Waals surface area (Å²) in [6.07, 6.45) is 1.72. The van der Waals surface area contributed by atoms with Crippen LogP contribution >= 0.6 is 11.3 Å². The maximum absolute atomic E-state index is 11.9. The Morgan fingerprint density at radius 3 is 2.76 bits per heavy atom. The summed E-state index contributed by atoms with van der Waals surface area (Å²) in [6, 6.07) is 0. The lowest BCUT2D eigenvalue weighted by atomic mass is 10.3. The molecular weight excluding hydrogens is 238 g/mol. The van der Waals surface area contributed by atoms with E-state index in [-0.39, 0.29) is 5.91 Å².